The summed E-state index contributed by atoms with van der Waals surface area (Å²) in [6.45, 7) is 6.38. The Morgan fingerprint density at radius 1 is 1.03 bits per heavy atom. The zero-order chi connectivity index (χ0) is 23.7. The van der Waals surface area contributed by atoms with Gasteiger partial charge in [0.15, 0.2) is 0 Å². The van der Waals surface area contributed by atoms with Crippen LogP contribution in [0, 0.1) is 6.92 Å². The van der Waals surface area contributed by atoms with Gasteiger partial charge in [0.05, 0.1) is 11.9 Å². The molecule has 0 bridgehead atoms. The molecular weight excluding hydrogens is 426 g/mol. The fourth-order valence-electron chi connectivity index (χ4n) is 3.51. The average molecular weight is 460 g/mol. The van der Waals surface area contributed by atoms with Crippen LogP contribution in [0.5, 0.6) is 0 Å². The highest BCUT2D eigenvalue weighted by molar-refractivity contribution is 7.92. The Morgan fingerprint density at radius 3 is 2.25 bits per heavy atom. The fourth-order valence-corrected chi connectivity index (χ4v) is 4.53. The average Bonchev–Trinajstić information content (AvgIpc) is 2.75. The number of likely N-dealkylation sites (N-methyl/N-ethyl adjacent to an activating group) is 1. The van der Waals surface area contributed by atoms with Crippen LogP contribution in [0.15, 0.2) is 54.6 Å². The zero-order valence-electron chi connectivity index (χ0n) is 19.2. The number of hydrogen-bond acceptors (Lipinski definition) is 4. The molecule has 0 saturated heterocycles. The van der Waals surface area contributed by atoms with Gasteiger partial charge in [-0.15, -0.1) is 0 Å². The number of anilines is 1. The highest BCUT2D eigenvalue weighted by Crippen LogP contribution is 2.23. The number of benzene rings is 2. The lowest BCUT2D eigenvalue weighted by molar-refractivity contribution is -0.140. The van der Waals surface area contributed by atoms with Crippen LogP contribution in [0.3, 0.4) is 0 Å². The lowest BCUT2D eigenvalue weighted by Crippen LogP contribution is -2.47. The van der Waals surface area contributed by atoms with E-state index in [9.17, 15) is 18.0 Å². The third-order valence-electron chi connectivity index (χ3n) is 5.25. The Kier molecular flexibility index (Phi) is 9.26. The number of sulfonamides is 1. The number of carbonyl (C=O) groups is 2. The second kappa shape index (κ2) is 11.7. The quantitative estimate of drug-likeness (QED) is 0.559. The summed E-state index contributed by atoms with van der Waals surface area (Å²) >= 11 is 0. The largest absolute Gasteiger partial charge is 0.355 e. The molecule has 2 rings (SSSR count). The number of hydrogen-bond donors (Lipinski definition) is 1. The first kappa shape index (κ1) is 25.4. The Labute approximate surface area is 191 Å². The molecule has 0 spiro atoms. The molecule has 2 aromatic rings. The molecule has 1 N–H and O–H groups in total. The first-order valence-corrected chi connectivity index (χ1v) is 12.6. The molecule has 0 aliphatic carbocycles. The molecule has 0 heterocycles. The molecule has 0 radical (unpaired) electrons. The third kappa shape index (κ3) is 7.09. The molecule has 32 heavy (non-hydrogen) atoms. The van der Waals surface area contributed by atoms with Crippen molar-refractivity contribution in [3.8, 4) is 0 Å². The number of rotatable bonds is 11. The summed E-state index contributed by atoms with van der Waals surface area (Å²) in [7, 11) is -3.50. The van der Waals surface area contributed by atoms with Crippen molar-refractivity contribution in [2.24, 2.45) is 0 Å². The SMILES string of the molecule is CCNC(=O)[C@@H](C)N(Cc1ccccc1)C(=O)CCCN(c1ccccc1C)S(C)(=O)=O. The van der Waals surface area contributed by atoms with E-state index in [2.05, 4.69) is 5.32 Å². The van der Waals surface area contributed by atoms with Crippen molar-refractivity contribution in [1.82, 2.24) is 10.2 Å². The lowest BCUT2D eigenvalue weighted by Gasteiger charge is -2.29. The molecule has 2 aromatic carbocycles. The van der Waals surface area contributed by atoms with Gasteiger partial charge < -0.3 is 10.2 Å². The Bertz CT molecular complexity index is 1010. The monoisotopic (exact) mass is 459 g/mol. The van der Waals surface area contributed by atoms with E-state index in [0.717, 1.165) is 11.1 Å². The van der Waals surface area contributed by atoms with E-state index in [1.54, 1.807) is 24.0 Å². The van der Waals surface area contributed by atoms with Gasteiger partial charge in [0, 0.05) is 26.1 Å². The van der Waals surface area contributed by atoms with Gasteiger partial charge in [0.2, 0.25) is 21.8 Å². The van der Waals surface area contributed by atoms with Crippen LogP contribution in [-0.2, 0) is 26.2 Å². The molecule has 0 fully saturated rings. The molecule has 0 unspecified atom stereocenters. The van der Waals surface area contributed by atoms with E-state index in [1.165, 1.54) is 10.6 Å². The first-order chi connectivity index (χ1) is 15.1. The fraction of sp³-hybridized carbons (Fsp3) is 0.417. The topological polar surface area (TPSA) is 86.8 Å². The van der Waals surface area contributed by atoms with E-state index >= 15 is 0 Å². The highest BCUT2D eigenvalue weighted by atomic mass is 32.2. The van der Waals surface area contributed by atoms with Gasteiger partial charge in [0.1, 0.15) is 6.04 Å². The second-order valence-corrected chi connectivity index (χ2v) is 9.71. The van der Waals surface area contributed by atoms with Gasteiger partial charge in [-0.2, -0.15) is 0 Å². The highest BCUT2D eigenvalue weighted by Gasteiger charge is 2.26. The van der Waals surface area contributed by atoms with E-state index < -0.39 is 16.1 Å². The van der Waals surface area contributed by atoms with Crippen LogP contribution in [0.25, 0.3) is 0 Å². The van der Waals surface area contributed by atoms with Gasteiger partial charge >= 0.3 is 0 Å². The maximum Gasteiger partial charge on any atom is 0.242 e. The molecular formula is C24H33N3O4S. The van der Waals surface area contributed by atoms with Crippen molar-refractivity contribution >= 4 is 27.5 Å². The van der Waals surface area contributed by atoms with Crippen LogP contribution < -0.4 is 9.62 Å². The Balaban J connectivity index is 2.14. The normalized spacial score (nSPS) is 12.1. The molecule has 174 valence electrons. The molecule has 2 amide bonds. The summed E-state index contributed by atoms with van der Waals surface area (Å²) in [6.07, 6.45) is 1.64. The van der Waals surface area contributed by atoms with E-state index in [4.69, 9.17) is 0 Å². The number of carbonyl (C=O) groups excluding carboxylic acids is 2. The minimum Gasteiger partial charge on any atom is -0.355 e. The summed E-state index contributed by atoms with van der Waals surface area (Å²) < 4.78 is 26.1. The van der Waals surface area contributed by atoms with Crippen LogP contribution in [0.2, 0.25) is 0 Å². The van der Waals surface area contributed by atoms with E-state index in [0.29, 0.717) is 25.2 Å². The predicted molar refractivity (Wildman–Crippen MR) is 128 cm³/mol. The molecule has 0 aliphatic rings. The van der Waals surface area contributed by atoms with Crippen LogP contribution in [-0.4, -0.2) is 50.5 Å². The van der Waals surface area contributed by atoms with E-state index in [1.807, 2.05) is 56.3 Å². The van der Waals surface area contributed by atoms with Gasteiger partial charge in [-0.25, -0.2) is 8.42 Å². The number of amides is 2. The molecule has 0 aromatic heterocycles. The van der Waals surface area contributed by atoms with Crippen molar-refractivity contribution in [2.75, 3.05) is 23.7 Å². The molecule has 0 saturated carbocycles. The summed E-state index contributed by atoms with van der Waals surface area (Å²) in [6, 6.07) is 16.1. The maximum atomic E-state index is 13.1. The van der Waals surface area contributed by atoms with Crippen LogP contribution in [0.4, 0.5) is 5.69 Å². The van der Waals surface area contributed by atoms with Crippen molar-refractivity contribution < 1.29 is 18.0 Å². The van der Waals surface area contributed by atoms with Crippen molar-refractivity contribution in [2.45, 2.75) is 46.2 Å². The van der Waals surface area contributed by atoms with Crippen molar-refractivity contribution in [3.05, 3.63) is 65.7 Å². The zero-order valence-corrected chi connectivity index (χ0v) is 20.1. The summed E-state index contributed by atoms with van der Waals surface area (Å²) in [5.74, 6) is -0.403. The standard InChI is InChI=1S/C24H33N3O4S/c1-5-25-24(29)20(3)26(18-21-13-7-6-8-14-21)23(28)16-11-17-27(32(4,30)31)22-15-10-9-12-19(22)2/h6-10,12-15,20H,5,11,16-18H2,1-4H3,(H,25,29)/t20-/m1/s1. The van der Waals surface area contributed by atoms with E-state index in [-0.39, 0.29) is 24.8 Å². The maximum absolute atomic E-state index is 13.1. The van der Waals surface area contributed by atoms with Gasteiger partial charge in [-0.05, 0) is 44.4 Å². The molecule has 1 atom stereocenters. The van der Waals surface area contributed by atoms with Crippen LogP contribution in [0.1, 0.15) is 37.8 Å². The third-order valence-corrected chi connectivity index (χ3v) is 6.43. The minimum absolute atomic E-state index is 0.133. The van der Waals surface area contributed by atoms with Gasteiger partial charge in [-0.3, -0.25) is 13.9 Å². The first-order valence-electron chi connectivity index (χ1n) is 10.8. The second-order valence-electron chi connectivity index (χ2n) is 7.80. The number of para-hydroxylation sites is 1. The van der Waals surface area contributed by atoms with Crippen LogP contribution >= 0.6 is 0 Å². The molecule has 0 aliphatic heterocycles. The lowest BCUT2D eigenvalue weighted by atomic mass is 10.1. The number of aryl methyl sites for hydroxylation is 1. The smallest absolute Gasteiger partial charge is 0.242 e. The van der Waals surface area contributed by atoms with Crippen molar-refractivity contribution in [3.63, 3.8) is 0 Å². The predicted octanol–water partition coefficient (Wildman–Crippen LogP) is 3.09. The summed E-state index contributed by atoms with van der Waals surface area (Å²) in [4.78, 5) is 27.1. The molecule has 8 heteroatoms. The minimum atomic E-state index is -3.50. The number of nitrogens with zero attached hydrogens (tertiary/aromatic N) is 2. The molecule has 7 nitrogen and oxygen atoms in total. The summed E-state index contributed by atoms with van der Waals surface area (Å²) in [5, 5.41) is 2.77. The van der Waals surface area contributed by atoms with Gasteiger partial charge in [-0.1, -0.05) is 48.5 Å². The van der Waals surface area contributed by atoms with Crippen molar-refractivity contribution in [1.29, 1.82) is 0 Å². The summed E-state index contributed by atoms with van der Waals surface area (Å²) in [5.41, 5.74) is 2.38. The Morgan fingerprint density at radius 2 is 1.66 bits per heavy atom. The number of nitrogens with one attached hydrogen (secondary N) is 1. The van der Waals surface area contributed by atoms with Gasteiger partial charge in [0.25, 0.3) is 0 Å². The Hall–Kier alpha value is -2.87.